The van der Waals surface area contributed by atoms with Crippen molar-refractivity contribution in [2.45, 2.75) is 24.9 Å². The van der Waals surface area contributed by atoms with E-state index >= 15 is 0 Å². The zero-order valence-electron chi connectivity index (χ0n) is 11.7. The molecule has 0 saturated carbocycles. The maximum absolute atomic E-state index is 12.1. The van der Waals surface area contributed by atoms with Crippen molar-refractivity contribution >= 4 is 5.91 Å². The fourth-order valence-electron chi connectivity index (χ4n) is 2.30. The van der Waals surface area contributed by atoms with Crippen LogP contribution in [0.15, 0.2) is 18.3 Å². The molecule has 1 amide bonds. The lowest BCUT2D eigenvalue weighted by molar-refractivity contribution is 0.0276. The summed E-state index contributed by atoms with van der Waals surface area (Å²) in [5, 5.41) is 16.5. The minimum Gasteiger partial charge on any atom is -0.481 e. The molecular formula is C14H21N3O3. The third-order valence-electron chi connectivity index (χ3n) is 3.55. The van der Waals surface area contributed by atoms with Crippen LogP contribution in [0.2, 0.25) is 0 Å². The number of ether oxygens (including phenoxy) is 1. The molecule has 1 atom stereocenters. The van der Waals surface area contributed by atoms with Gasteiger partial charge in [0, 0.05) is 24.4 Å². The molecule has 0 spiro atoms. The number of carbonyl (C=O) groups excluding carboxylic acids is 1. The van der Waals surface area contributed by atoms with Crippen LogP contribution >= 0.6 is 0 Å². The van der Waals surface area contributed by atoms with Gasteiger partial charge in [-0.3, -0.25) is 4.79 Å². The lowest BCUT2D eigenvalue weighted by atomic mass is 9.95. The molecule has 0 radical (unpaired) electrons. The highest BCUT2D eigenvalue weighted by Gasteiger charge is 2.28. The van der Waals surface area contributed by atoms with Crippen LogP contribution in [-0.2, 0) is 0 Å². The minimum absolute atomic E-state index is 0.226. The Morgan fingerprint density at radius 3 is 3.20 bits per heavy atom. The largest absolute Gasteiger partial charge is 0.481 e. The average molecular weight is 279 g/mol. The van der Waals surface area contributed by atoms with Crippen molar-refractivity contribution < 1.29 is 14.6 Å². The minimum atomic E-state index is -0.823. The van der Waals surface area contributed by atoms with E-state index in [2.05, 4.69) is 15.6 Å². The number of methoxy groups -OCH3 is 1. The van der Waals surface area contributed by atoms with Crippen LogP contribution in [0, 0.1) is 0 Å². The number of aromatic nitrogens is 1. The van der Waals surface area contributed by atoms with Crippen molar-refractivity contribution in [3.63, 3.8) is 0 Å². The van der Waals surface area contributed by atoms with E-state index in [0.29, 0.717) is 24.3 Å². The molecule has 20 heavy (non-hydrogen) atoms. The van der Waals surface area contributed by atoms with E-state index in [4.69, 9.17) is 4.74 Å². The van der Waals surface area contributed by atoms with Crippen LogP contribution in [0.1, 0.15) is 29.6 Å². The van der Waals surface area contributed by atoms with Gasteiger partial charge >= 0.3 is 0 Å². The Morgan fingerprint density at radius 2 is 2.40 bits per heavy atom. The van der Waals surface area contributed by atoms with Crippen LogP contribution in [-0.4, -0.2) is 48.3 Å². The van der Waals surface area contributed by atoms with E-state index < -0.39 is 5.60 Å². The highest BCUT2D eigenvalue weighted by molar-refractivity contribution is 5.94. The van der Waals surface area contributed by atoms with E-state index in [1.54, 1.807) is 12.1 Å². The molecule has 0 aliphatic carbocycles. The Kier molecular flexibility index (Phi) is 4.92. The maximum atomic E-state index is 12.1. The first-order valence-electron chi connectivity index (χ1n) is 6.84. The summed E-state index contributed by atoms with van der Waals surface area (Å²) in [5.74, 6) is 0.173. The third kappa shape index (κ3) is 3.91. The second kappa shape index (κ2) is 6.67. The molecule has 1 aromatic heterocycles. The number of hydrogen-bond donors (Lipinski definition) is 3. The lowest BCUT2D eigenvalue weighted by Gasteiger charge is -2.26. The van der Waals surface area contributed by atoms with Crippen LogP contribution in [0.3, 0.4) is 0 Å². The van der Waals surface area contributed by atoms with Gasteiger partial charge in [0.15, 0.2) is 0 Å². The zero-order chi connectivity index (χ0) is 14.4. The monoisotopic (exact) mass is 279 g/mol. The van der Waals surface area contributed by atoms with Gasteiger partial charge in [0.2, 0.25) is 5.88 Å². The average Bonchev–Trinajstić information content (AvgIpc) is 2.70. The fraction of sp³-hybridized carbons (Fsp3) is 0.571. The molecular weight excluding hydrogens is 258 g/mol. The fourth-order valence-corrected chi connectivity index (χ4v) is 2.30. The van der Waals surface area contributed by atoms with Gasteiger partial charge in [-0.05, 0) is 38.4 Å². The van der Waals surface area contributed by atoms with E-state index in [1.807, 2.05) is 0 Å². The van der Waals surface area contributed by atoms with Gasteiger partial charge in [0.05, 0.1) is 12.7 Å². The molecule has 1 saturated heterocycles. The van der Waals surface area contributed by atoms with E-state index in [1.165, 1.54) is 13.3 Å². The summed E-state index contributed by atoms with van der Waals surface area (Å²) in [7, 11) is 1.51. The first-order chi connectivity index (χ1) is 9.63. The molecule has 2 rings (SSSR count). The van der Waals surface area contributed by atoms with Gasteiger partial charge in [-0.25, -0.2) is 4.98 Å². The van der Waals surface area contributed by atoms with E-state index in [-0.39, 0.29) is 12.5 Å². The molecule has 0 aromatic carbocycles. The van der Waals surface area contributed by atoms with Gasteiger partial charge in [-0.2, -0.15) is 0 Å². The van der Waals surface area contributed by atoms with Gasteiger partial charge in [0.1, 0.15) is 0 Å². The van der Waals surface area contributed by atoms with Crippen molar-refractivity contribution in [2.75, 3.05) is 26.7 Å². The molecule has 1 unspecified atom stereocenters. The summed E-state index contributed by atoms with van der Waals surface area (Å²) < 4.78 is 4.99. The Morgan fingerprint density at radius 1 is 1.55 bits per heavy atom. The Bertz CT molecular complexity index is 457. The summed E-state index contributed by atoms with van der Waals surface area (Å²) in [6, 6.07) is 3.20. The highest BCUT2D eigenvalue weighted by atomic mass is 16.5. The van der Waals surface area contributed by atoms with E-state index in [9.17, 15) is 9.90 Å². The number of pyridine rings is 1. The van der Waals surface area contributed by atoms with Crippen LogP contribution < -0.4 is 15.4 Å². The van der Waals surface area contributed by atoms with Gasteiger partial charge in [-0.15, -0.1) is 0 Å². The summed E-state index contributed by atoms with van der Waals surface area (Å²) >= 11 is 0. The second-order valence-corrected chi connectivity index (χ2v) is 5.10. The number of hydrogen-bond acceptors (Lipinski definition) is 5. The summed E-state index contributed by atoms with van der Waals surface area (Å²) in [6.45, 7) is 1.95. The van der Waals surface area contributed by atoms with Crippen LogP contribution in [0.25, 0.3) is 0 Å². The third-order valence-corrected chi connectivity index (χ3v) is 3.55. The lowest BCUT2D eigenvalue weighted by Crippen LogP contribution is -2.43. The molecule has 3 N–H and O–H groups in total. The Hall–Kier alpha value is -1.66. The number of nitrogens with zero attached hydrogens (tertiary/aromatic N) is 1. The van der Waals surface area contributed by atoms with Crippen molar-refractivity contribution in [3.8, 4) is 5.88 Å². The SMILES string of the molecule is COc1cc(C(=O)NCC2(O)CCCNCC2)ccn1. The summed E-state index contributed by atoms with van der Waals surface area (Å²) in [4.78, 5) is 16.0. The molecule has 1 aliphatic heterocycles. The molecule has 0 bridgehead atoms. The van der Waals surface area contributed by atoms with Crippen molar-refractivity contribution in [1.82, 2.24) is 15.6 Å². The second-order valence-electron chi connectivity index (χ2n) is 5.10. The normalized spacial score (nSPS) is 22.9. The van der Waals surface area contributed by atoms with Crippen molar-refractivity contribution in [2.24, 2.45) is 0 Å². The first kappa shape index (κ1) is 14.7. The molecule has 6 nitrogen and oxygen atoms in total. The highest BCUT2D eigenvalue weighted by Crippen LogP contribution is 2.18. The molecule has 1 aliphatic rings. The summed E-state index contributed by atoms with van der Waals surface area (Å²) in [5.41, 5.74) is -0.344. The number of amides is 1. The standard InChI is InChI=1S/C14H21N3O3/c1-20-12-9-11(3-7-16-12)13(18)17-10-14(19)4-2-6-15-8-5-14/h3,7,9,15,19H,2,4-6,8,10H2,1H3,(H,17,18). The topological polar surface area (TPSA) is 83.5 Å². The smallest absolute Gasteiger partial charge is 0.251 e. The van der Waals surface area contributed by atoms with Crippen molar-refractivity contribution in [3.05, 3.63) is 23.9 Å². The molecule has 2 heterocycles. The number of aliphatic hydroxyl groups is 1. The maximum Gasteiger partial charge on any atom is 0.251 e. The first-order valence-corrected chi connectivity index (χ1v) is 6.84. The van der Waals surface area contributed by atoms with Crippen molar-refractivity contribution in [1.29, 1.82) is 0 Å². The van der Waals surface area contributed by atoms with Gasteiger partial charge in [0.25, 0.3) is 5.91 Å². The number of rotatable bonds is 4. The molecule has 1 fully saturated rings. The van der Waals surface area contributed by atoms with Crippen LogP contribution in [0.4, 0.5) is 0 Å². The van der Waals surface area contributed by atoms with Crippen LogP contribution in [0.5, 0.6) is 5.88 Å². The molecule has 1 aromatic rings. The number of nitrogens with one attached hydrogen (secondary N) is 2. The Balaban J connectivity index is 1.93. The quantitative estimate of drug-likeness (QED) is 0.739. The molecule has 6 heteroatoms. The molecule has 110 valence electrons. The summed E-state index contributed by atoms with van der Waals surface area (Å²) in [6.07, 6.45) is 3.78. The van der Waals surface area contributed by atoms with Gasteiger partial charge < -0.3 is 20.5 Å². The van der Waals surface area contributed by atoms with E-state index in [0.717, 1.165) is 19.5 Å². The zero-order valence-corrected chi connectivity index (χ0v) is 11.7. The van der Waals surface area contributed by atoms with Gasteiger partial charge in [-0.1, -0.05) is 0 Å². The number of carbonyl (C=O) groups is 1. The predicted molar refractivity (Wildman–Crippen MR) is 74.8 cm³/mol. The Labute approximate surface area is 118 Å². The predicted octanol–water partition coefficient (Wildman–Crippen LogP) is 0.325.